The molecule has 0 aliphatic heterocycles. The number of phenolic OH excluding ortho intramolecular Hbond substituents is 2. The van der Waals surface area contributed by atoms with Gasteiger partial charge < -0.3 is 28.8 Å². The van der Waals surface area contributed by atoms with Crippen molar-refractivity contribution in [3.63, 3.8) is 0 Å². The zero-order valence-electron chi connectivity index (χ0n) is 58.5. The van der Waals surface area contributed by atoms with Gasteiger partial charge in [0.05, 0.1) is 22.1 Å². The number of benzene rings is 8. The Morgan fingerprint density at radius 1 is 0.337 bits per heavy atom. The van der Waals surface area contributed by atoms with Crippen molar-refractivity contribution in [1.82, 2.24) is 9.13 Å². The van der Waals surface area contributed by atoms with Crippen LogP contribution < -0.4 is 9.47 Å². The van der Waals surface area contributed by atoms with E-state index in [-0.39, 0.29) is 79.5 Å². The minimum absolute atomic E-state index is 0.105. The number of aromatic hydroxyl groups is 2. The lowest BCUT2D eigenvalue weighted by atomic mass is 9.71. The molecular formula is C82H96F4N2O4. The first-order valence-electron chi connectivity index (χ1n) is 32.5. The molecule has 2 N–H and O–H groups in total. The van der Waals surface area contributed by atoms with Crippen LogP contribution in [0.5, 0.6) is 23.0 Å². The Kier molecular flexibility index (Phi) is 16.9. The van der Waals surface area contributed by atoms with Crippen molar-refractivity contribution in [1.29, 1.82) is 0 Å². The molecule has 0 saturated heterocycles. The fraction of sp³-hybridized carbons (Fsp3) is 0.415. The fourth-order valence-corrected chi connectivity index (χ4v) is 14.4. The van der Waals surface area contributed by atoms with Gasteiger partial charge in [-0.1, -0.05) is 177 Å². The third-order valence-corrected chi connectivity index (χ3v) is 18.2. The lowest BCUT2D eigenvalue weighted by molar-refractivity contribution is 0.203. The molecule has 0 atom stereocenters. The molecule has 0 saturated carbocycles. The second kappa shape index (κ2) is 23.1. The maximum absolute atomic E-state index is 15.6. The van der Waals surface area contributed by atoms with Crippen LogP contribution in [0.1, 0.15) is 199 Å². The molecule has 0 amide bonds. The predicted molar refractivity (Wildman–Crippen MR) is 376 cm³/mol. The van der Waals surface area contributed by atoms with E-state index in [2.05, 4.69) is 225 Å². The van der Waals surface area contributed by atoms with Crippen molar-refractivity contribution in [2.24, 2.45) is 10.8 Å². The first kappa shape index (κ1) is 67.2. The van der Waals surface area contributed by atoms with E-state index < -0.39 is 34.1 Å². The van der Waals surface area contributed by atoms with E-state index in [1.54, 1.807) is 0 Å². The van der Waals surface area contributed by atoms with Crippen molar-refractivity contribution in [2.45, 2.75) is 198 Å². The molecule has 2 aromatic heterocycles. The highest BCUT2D eigenvalue weighted by Gasteiger charge is 2.38. The molecule has 0 fully saturated rings. The molecule has 0 unspecified atom stereocenters. The highest BCUT2D eigenvalue weighted by atomic mass is 19.1. The van der Waals surface area contributed by atoms with Gasteiger partial charge in [0.25, 0.3) is 0 Å². The third-order valence-electron chi connectivity index (χ3n) is 18.2. The molecule has 8 aromatic carbocycles. The van der Waals surface area contributed by atoms with Gasteiger partial charge in [0.15, 0.2) is 23.0 Å². The Morgan fingerprint density at radius 2 is 0.587 bits per heavy atom. The number of rotatable bonds is 13. The van der Waals surface area contributed by atoms with Crippen LogP contribution in [0.15, 0.2) is 121 Å². The fourth-order valence-electron chi connectivity index (χ4n) is 14.4. The highest BCUT2D eigenvalue weighted by Crippen LogP contribution is 2.55. The van der Waals surface area contributed by atoms with Crippen LogP contribution in [-0.2, 0) is 32.5 Å². The first-order valence-corrected chi connectivity index (χ1v) is 32.5. The smallest absolute Gasteiger partial charge is 0.151 e. The summed E-state index contributed by atoms with van der Waals surface area (Å²) in [5.41, 5.74) is 7.65. The van der Waals surface area contributed by atoms with E-state index in [4.69, 9.17) is 9.47 Å². The molecule has 10 rings (SSSR count). The summed E-state index contributed by atoms with van der Waals surface area (Å²) < 4.78 is 81.3. The van der Waals surface area contributed by atoms with Crippen LogP contribution >= 0.6 is 0 Å². The van der Waals surface area contributed by atoms with Crippen molar-refractivity contribution in [2.75, 3.05) is 13.2 Å². The first-order chi connectivity index (χ1) is 42.3. The minimum Gasteiger partial charge on any atom is -0.505 e. The van der Waals surface area contributed by atoms with Crippen LogP contribution in [-0.4, -0.2) is 32.6 Å². The van der Waals surface area contributed by atoms with E-state index >= 15 is 17.6 Å². The lowest BCUT2D eigenvalue weighted by Crippen LogP contribution is -2.27. The molecular weight excluding hydrogens is 1150 g/mol. The van der Waals surface area contributed by atoms with E-state index in [9.17, 15) is 10.2 Å². The van der Waals surface area contributed by atoms with Crippen molar-refractivity contribution in [3.05, 3.63) is 178 Å². The molecule has 2 heterocycles. The number of phenols is 2. The number of halogens is 4. The largest absolute Gasteiger partial charge is 0.505 e. The number of aromatic nitrogens is 2. The standard InChI is InChI=1S/C82H96F4N2O4/c1-75(2,3)45-81(19,20)63-43-57(47-33-53(83)41-54(84)34-47)71(89)69(87-65-27-23-49(77(7,8)9)37-59(65)60-38-50(78(10,11)12)24-28-66(60)87)73(63)91-31-32-92-74-64(82(21,22)46-76(4,5)6)44-58(48-35-55(85)42-56(86)36-48)72(90)70(74)88-67-29-25-51(79(13,14)15)39-61(67)62-40-52(80(16,17)18)26-30-68(62)88/h23-30,33-44,89-90H,31-32,45-46H2,1-22H3. The SMILES string of the molecule is CC(C)(C)CC(C)(C)c1cc(-c2cc(F)cc(F)c2)c(O)c(-n2c3ccc(C(C)(C)C)cc3c3cc(C(C)(C)C)ccc32)c1OCCOc1c(C(C)(C)CC(C)(C)C)cc(-c2cc(F)cc(F)c2)c(O)c1-n1c2ccc(C(C)(C)C)cc2c2cc(C(C)(C)C)ccc21. The number of ether oxygens (including phenoxy) is 2. The summed E-state index contributed by atoms with van der Waals surface area (Å²) in [7, 11) is 0. The summed E-state index contributed by atoms with van der Waals surface area (Å²) in [4.78, 5) is 0. The molecule has 10 aromatic rings. The van der Waals surface area contributed by atoms with Gasteiger partial charge in [-0.2, -0.15) is 0 Å². The van der Waals surface area contributed by atoms with Gasteiger partial charge >= 0.3 is 0 Å². The number of nitrogens with zero attached hydrogens (tertiary/aromatic N) is 2. The monoisotopic (exact) mass is 1250 g/mol. The Hall–Kier alpha value is -7.72. The van der Waals surface area contributed by atoms with Gasteiger partial charge in [-0.3, -0.25) is 0 Å². The summed E-state index contributed by atoms with van der Waals surface area (Å²) in [5, 5.41) is 30.7. The highest BCUT2D eigenvalue weighted by molar-refractivity contribution is 6.12. The molecule has 0 spiro atoms. The Bertz CT molecular complexity index is 4060. The molecule has 0 radical (unpaired) electrons. The van der Waals surface area contributed by atoms with E-state index in [0.29, 0.717) is 46.8 Å². The summed E-state index contributed by atoms with van der Waals surface area (Å²) in [5.74, 6) is -2.91. The van der Waals surface area contributed by atoms with Crippen LogP contribution in [0, 0.1) is 34.1 Å². The van der Waals surface area contributed by atoms with Crippen LogP contribution in [0.2, 0.25) is 0 Å². The molecule has 10 heteroatoms. The summed E-state index contributed by atoms with van der Waals surface area (Å²) in [6, 6.07) is 36.1. The number of hydrogen-bond donors (Lipinski definition) is 2. The Balaban J connectivity index is 1.27. The molecule has 92 heavy (non-hydrogen) atoms. The van der Waals surface area contributed by atoms with Gasteiger partial charge in [0.2, 0.25) is 0 Å². The topological polar surface area (TPSA) is 68.8 Å². The second-order valence-corrected chi connectivity index (χ2v) is 33.9. The minimum atomic E-state index is -0.785. The van der Waals surface area contributed by atoms with Crippen molar-refractivity contribution >= 4 is 43.6 Å². The molecule has 486 valence electrons. The van der Waals surface area contributed by atoms with Crippen LogP contribution in [0.4, 0.5) is 17.6 Å². The van der Waals surface area contributed by atoms with Crippen LogP contribution in [0.3, 0.4) is 0 Å². The van der Waals surface area contributed by atoms with Gasteiger partial charge in [-0.15, -0.1) is 0 Å². The average Bonchev–Trinajstić information content (AvgIpc) is 1.50. The van der Waals surface area contributed by atoms with Gasteiger partial charge in [-0.25, -0.2) is 17.6 Å². The average molecular weight is 1250 g/mol. The number of hydrogen-bond acceptors (Lipinski definition) is 4. The molecule has 0 aliphatic carbocycles. The maximum atomic E-state index is 15.6. The Morgan fingerprint density at radius 3 is 0.815 bits per heavy atom. The van der Waals surface area contributed by atoms with Crippen molar-refractivity contribution < 1.29 is 37.2 Å². The van der Waals surface area contributed by atoms with Crippen LogP contribution in [0.25, 0.3) is 77.2 Å². The predicted octanol–water partition coefficient (Wildman–Crippen LogP) is 23.3. The summed E-state index contributed by atoms with van der Waals surface area (Å²) in [6.07, 6.45) is 1.27. The Labute approximate surface area is 543 Å². The second-order valence-electron chi connectivity index (χ2n) is 33.9. The van der Waals surface area contributed by atoms with Gasteiger partial charge in [-0.05, 0) is 174 Å². The van der Waals surface area contributed by atoms with E-state index in [0.717, 1.165) is 78.0 Å². The summed E-state index contributed by atoms with van der Waals surface area (Å²) >= 11 is 0. The number of fused-ring (bicyclic) bond motifs is 6. The van der Waals surface area contributed by atoms with Gasteiger partial charge in [0.1, 0.15) is 47.9 Å². The molecule has 0 bridgehead atoms. The van der Waals surface area contributed by atoms with Crippen molar-refractivity contribution in [3.8, 4) is 56.6 Å². The lowest BCUT2D eigenvalue weighted by Gasteiger charge is -2.36. The zero-order chi connectivity index (χ0) is 67.7. The third kappa shape index (κ3) is 13.2. The normalized spacial score (nSPS) is 13.4. The molecule has 6 nitrogen and oxygen atoms in total. The summed E-state index contributed by atoms with van der Waals surface area (Å²) in [6.45, 7) is 47.6. The molecule has 0 aliphatic rings. The zero-order valence-corrected chi connectivity index (χ0v) is 58.5. The maximum Gasteiger partial charge on any atom is 0.151 e. The van der Waals surface area contributed by atoms with E-state index in [1.165, 1.54) is 24.3 Å². The van der Waals surface area contributed by atoms with Gasteiger partial charge in [0, 0.05) is 55.9 Å². The quantitative estimate of drug-likeness (QED) is 0.0892. The van der Waals surface area contributed by atoms with E-state index in [1.807, 2.05) is 21.3 Å².